The second kappa shape index (κ2) is 13.9. The van der Waals surface area contributed by atoms with E-state index in [0.29, 0.717) is 13.2 Å². The first-order chi connectivity index (χ1) is 26.3. The Morgan fingerprint density at radius 3 is 2.51 bits per heavy atom. The summed E-state index contributed by atoms with van der Waals surface area (Å²) in [6, 6.07) is 4.21. The molecule has 0 bridgehead atoms. The number of fused-ring (bicyclic) bond motifs is 6. The summed E-state index contributed by atoms with van der Waals surface area (Å²) in [6.45, 7) is 4.11. The van der Waals surface area contributed by atoms with E-state index in [1.54, 1.807) is 6.92 Å². The van der Waals surface area contributed by atoms with Gasteiger partial charge in [0.2, 0.25) is 17.6 Å². The Hall–Kier alpha value is -4.49. The number of benzene rings is 2. The molecule has 294 valence electrons. The highest BCUT2D eigenvalue weighted by Gasteiger charge is 2.55. The third kappa shape index (κ3) is 5.91. The van der Waals surface area contributed by atoms with Crippen molar-refractivity contribution in [3.05, 3.63) is 51.6 Å². The van der Waals surface area contributed by atoms with Crippen molar-refractivity contribution in [3.8, 4) is 17.2 Å². The Bertz CT molecular complexity index is 1990. The van der Waals surface area contributed by atoms with Crippen molar-refractivity contribution >= 4 is 29.3 Å². The molecule has 0 aromatic heterocycles. The monoisotopic (exact) mass is 765 g/mol. The van der Waals surface area contributed by atoms with Gasteiger partial charge in [0, 0.05) is 81.1 Å². The molecule has 9 atom stereocenters. The minimum atomic E-state index is -2.30. The molecule has 3 amide bonds. The second-order valence-corrected chi connectivity index (χ2v) is 14.9. The van der Waals surface area contributed by atoms with Crippen LogP contribution in [0.3, 0.4) is 0 Å². The summed E-state index contributed by atoms with van der Waals surface area (Å²) in [5, 5.41) is 38.5. The van der Waals surface area contributed by atoms with Gasteiger partial charge in [-0.15, -0.1) is 0 Å². The fourth-order valence-corrected chi connectivity index (χ4v) is 9.03. The normalized spacial score (nSPS) is 32.8. The van der Waals surface area contributed by atoms with E-state index in [9.17, 15) is 39.3 Å². The lowest BCUT2D eigenvalue weighted by Crippen LogP contribution is -2.55. The quantitative estimate of drug-likeness (QED) is 0.183. The number of hydrogen-bond donors (Lipinski definition) is 4. The number of ketones is 2. The maximum Gasteiger partial charge on any atom is 0.252 e. The first kappa shape index (κ1) is 37.4. The predicted molar refractivity (Wildman–Crippen MR) is 185 cm³/mol. The highest BCUT2D eigenvalue weighted by molar-refractivity contribution is 6.31. The number of morpholine rings is 1. The van der Waals surface area contributed by atoms with Crippen LogP contribution in [0, 0.1) is 5.92 Å². The molecule has 17 nitrogen and oxygen atoms in total. The van der Waals surface area contributed by atoms with E-state index in [-0.39, 0.29) is 77.9 Å². The van der Waals surface area contributed by atoms with E-state index in [4.69, 9.17) is 28.4 Å². The fraction of sp³-hybridized carbons (Fsp3) is 0.553. The minimum absolute atomic E-state index is 0.0569. The van der Waals surface area contributed by atoms with Crippen LogP contribution in [0.2, 0.25) is 0 Å². The number of aliphatic hydroxyl groups is 1. The molecule has 0 saturated carbocycles. The van der Waals surface area contributed by atoms with Crippen LogP contribution in [0.1, 0.15) is 82.2 Å². The molecule has 2 aromatic rings. The van der Waals surface area contributed by atoms with Crippen LogP contribution < -0.4 is 10.1 Å². The first-order valence-corrected chi connectivity index (χ1v) is 18.4. The minimum Gasteiger partial charge on any atom is -0.507 e. The molecule has 4 heterocycles. The third-order valence-corrected chi connectivity index (χ3v) is 11.7. The lowest BCUT2D eigenvalue weighted by Gasteiger charge is -2.43. The lowest BCUT2D eigenvalue weighted by molar-refractivity contribution is -0.256. The van der Waals surface area contributed by atoms with Crippen LogP contribution in [0.15, 0.2) is 18.2 Å². The van der Waals surface area contributed by atoms with Crippen molar-refractivity contribution in [2.45, 2.75) is 88.3 Å². The van der Waals surface area contributed by atoms with E-state index in [1.807, 2.05) is 6.92 Å². The van der Waals surface area contributed by atoms with Crippen molar-refractivity contribution in [1.29, 1.82) is 0 Å². The molecule has 4 N–H and O–H groups in total. The zero-order chi connectivity index (χ0) is 39.1. The van der Waals surface area contributed by atoms with Gasteiger partial charge >= 0.3 is 0 Å². The summed E-state index contributed by atoms with van der Waals surface area (Å²) in [5.41, 5.74) is -3.63. The second-order valence-electron chi connectivity index (χ2n) is 14.9. The van der Waals surface area contributed by atoms with E-state index in [1.165, 1.54) is 32.4 Å². The number of phenols is 2. The molecule has 0 spiro atoms. The van der Waals surface area contributed by atoms with Crippen molar-refractivity contribution < 1.29 is 67.7 Å². The molecule has 4 saturated heterocycles. The van der Waals surface area contributed by atoms with Crippen molar-refractivity contribution in [2.24, 2.45) is 5.92 Å². The molecule has 55 heavy (non-hydrogen) atoms. The van der Waals surface area contributed by atoms with Gasteiger partial charge in [-0.25, -0.2) is 0 Å². The molecular weight excluding hydrogens is 722 g/mol. The van der Waals surface area contributed by atoms with Crippen LogP contribution >= 0.6 is 0 Å². The number of likely N-dealkylation sites (tertiary alicyclic amines) is 1. The zero-order valence-corrected chi connectivity index (χ0v) is 30.7. The first-order valence-electron chi connectivity index (χ1n) is 18.4. The van der Waals surface area contributed by atoms with Crippen LogP contribution in [0.25, 0.3) is 0 Å². The molecule has 0 radical (unpaired) electrons. The third-order valence-electron chi connectivity index (χ3n) is 11.7. The summed E-state index contributed by atoms with van der Waals surface area (Å²) in [4.78, 5) is 69.9. The number of nitrogens with zero attached hydrogens (tertiary/aromatic N) is 2. The highest BCUT2D eigenvalue weighted by Crippen LogP contribution is 2.53. The van der Waals surface area contributed by atoms with Gasteiger partial charge in [-0.1, -0.05) is 19.1 Å². The number of carbonyl (C=O) groups is 5. The molecule has 2 aromatic carbocycles. The summed E-state index contributed by atoms with van der Waals surface area (Å²) < 4.78 is 35.8. The van der Waals surface area contributed by atoms with Crippen LogP contribution in [0.5, 0.6) is 17.2 Å². The van der Waals surface area contributed by atoms with E-state index >= 15 is 0 Å². The molecular formula is C38H43N3O14. The highest BCUT2D eigenvalue weighted by atomic mass is 16.7. The molecule has 8 rings (SSSR count). The molecule has 4 fully saturated rings. The van der Waals surface area contributed by atoms with E-state index in [0.717, 1.165) is 4.90 Å². The number of nitrogens with one attached hydrogen (secondary N) is 1. The summed E-state index contributed by atoms with van der Waals surface area (Å²) >= 11 is 0. The van der Waals surface area contributed by atoms with Gasteiger partial charge in [-0.3, -0.25) is 33.8 Å². The SMILES string of the molecule is COc1cccc2c1C(=O)c1c(O)c3c(c(O)c1C2=O)C[C@@](O)(C(=O)NCCN1C(=O)CC(C)C1=O)C[C@@H]3O[C@H]1C[C@H]2[C@H](O[C@@H]3[C@@H](OC)OCCN32)[C@H](C)O1. The van der Waals surface area contributed by atoms with E-state index in [2.05, 4.69) is 10.2 Å². The summed E-state index contributed by atoms with van der Waals surface area (Å²) in [5.74, 6) is -4.89. The van der Waals surface area contributed by atoms with Gasteiger partial charge in [0.1, 0.15) is 29.0 Å². The standard InChI is InChI=1S/C38H43N3O14/c1-16-12-23(42)41(34(16)47)9-8-39-37(48)38(49)14-19-26(32(46)28-27(30(19)44)29(43)18-6-5-7-21(50-3)25(18)31(28)45)22(15-38)54-24-13-20-33(17(2)53-24)55-35-36(51-4)52-11-10-40(20)35/h5-7,16-17,20,22,24,33,35-36,44,46,49H,8-15H2,1-4H3,(H,39,48)/t16?,17-,20-,22-,24-,33+,35+,36-,38-/m0/s1. The molecule has 2 aliphatic carbocycles. The number of methoxy groups -OCH3 is 2. The maximum atomic E-state index is 14.1. The number of rotatable bonds is 8. The van der Waals surface area contributed by atoms with E-state index < -0.39 is 95.5 Å². The van der Waals surface area contributed by atoms with Gasteiger partial charge < -0.3 is 49.1 Å². The maximum absolute atomic E-state index is 14.1. The molecule has 4 aliphatic heterocycles. The van der Waals surface area contributed by atoms with Crippen LogP contribution in [0.4, 0.5) is 0 Å². The number of ether oxygens (including phenoxy) is 6. The van der Waals surface area contributed by atoms with Crippen molar-refractivity contribution in [3.63, 3.8) is 0 Å². The van der Waals surface area contributed by atoms with Gasteiger partial charge in [0.25, 0.3) is 5.91 Å². The molecule has 1 unspecified atom stereocenters. The number of amides is 3. The number of imide groups is 1. The lowest BCUT2D eigenvalue weighted by atomic mass is 9.72. The average Bonchev–Trinajstić information content (AvgIpc) is 3.66. The molecule has 17 heteroatoms. The number of hydrogen-bond acceptors (Lipinski definition) is 15. The van der Waals surface area contributed by atoms with Gasteiger partial charge in [0.05, 0.1) is 42.6 Å². The van der Waals surface area contributed by atoms with Crippen LogP contribution in [-0.2, 0) is 44.5 Å². The fourth-order valence-electron chi connectivity index (χ4n) is 9.03. The Kier molecular flexibility index (Phi) is 9.47. The Morgan fingerprint density at radius 2 is 1.80 bits per heavy atom. The van der Waals surface area contributed by atoms with Crippen molar-refractivity contribution in [1.82, 2.24) is 15.1 Å². The largest absolute Gasteiger partial charge is 0.507 e. The Labute approximate surface area is 315 Å². The Balaban J connectivity index is 1.14. The number of carbonyl (C=O) groups excluding carboxylic acids is 5. The topological polar surface area (TPSA) is 220 Å². The van der Waals surface area contributed by atoms with Crippen molar-refractivity contribution in [2.75, 3.05) is 40.5 Å². The van der Waals surface area contributed by atoms with Gasteiger partial charge in [-0.2, -0.15) is 0 Å². The van der Waals surface area contributed by atoms with Gasteiger partial charge in [0.15, 0.2) is 24.6 Å². The summed E-state index contributed by atoms with van der Waals surface area (Å²) in [7, 11) is 2.87. The number of aromatic hydroxyl groups is 2. The predicted octanol–water partition coefficient (Wildman–Crippen LogP) is 0.661. The number of phenolic OH excluding ortho intramolecular Hbond substituents is 2. The summed E-state index contributed by atoms with van der Waals surface area (Å²) in [6.07, 6.45) is -5.07. The van der Waals surface area contributed by atoms with Crippen LogP contribution in [-0.4, -0.2) is 138 Å². The zero-order valence-electron chi connectivity index (χ0n) is 30.7. The Morgan fingerprint density at radius 1 is 1.04 bits per heavy atom. The smallest absolute Gasteiger partial charge is 0.252 e. The average molecular weight is 766 g/mol. The molecule has 6 aliphatic rings. The van der Waals surface area contributed by atoms with Gasteiger partial charge in [-0.05, 0) is 13.0 Å².